The minimum absolute atomic E-state index is 0.0348. The zero-order chi connectivity index (χ0) is 21.9. The lowest BCUT2D eigenvalue weighted by atomic mass is 10.1. The first-order valence-electron chi connectivity index (χ1n) is 10.2. The largest absolute Gasteiger partial charge is 0.422 e. The molecule has 2 aromatic heterocycles. The van der Waals surface area contributed by atoms with Crippen LogP contribution in [0, 0.1) is 0 Å². The topological polar surface area (TPSA) is 77.1 Å². The number of nitrogens with one attached hydrogen (secondary N) is 1. The summed E-state index contributed by atoms with van der Waals surface area (Å²) < 4.78 is 7.07. The lowest BCUT2D eigenvalue weighted by Gasteiger charge is -2.06. The molecule has 0 aliphatic carbocycles. The van der Waals surface area contributed by atoms with E-state index in [0.717, 1.165) is 16.8 Å². The molecule has 156 valence electrons. The van der Waals surface area contributed by atoms with E-state index in [2.05, 4.69) is 5.32 Å². The van der Waals surface area contributed by atoms with Crippen molar-refractivity contribution in [2.75, 3.05) is 0 Å². The minimum Gasteiger partial charge on any atom is -0.422 e. The number of hydrogen-bond acceptors (Lipinski definition) is 4. The highest BCUT2D eigenvalue weighted by atomic mass is 16.4. The van der Waals surface area contributed by atoms with Crippen LogP contribution in [-0.4, -0.2) is 15.7 Å². The smallest absolute Gasteiger partial charge is 0.349 e. The predicted molar refractivity (Wildman–Crippen MR) is 123 cm³/mol. The van der Waals surface area contributed by atoms with Gasteiger partial charge < -0.3 is 9.73 Å². The third-order valence-corrected chi connectivity index (χ3v) is 5.20. The van der Waals surface area contributed by atoms with Crippen molar-refractivity contribution in [1.82, 2.24) is 15.1 Å². The lowest BCUT2D eigenvalue weighted by Crippen LogP contribution is -2.28. The zero-order valence-corrected chi connectivity index (χ0v) is 17.1. The Kier molecular flexibility index (Phi) is 5.09. The molecule has 0 saturated heterocycles. The molecule has 5 rings (SSSR count). The Morgan fingerprint density at radius 1 is 0.906 bits per heavy atom. The quantitative estimate of drug-likeness (QED) is 0.422. The molecule has 1 N–H and O–H groups in total. The van der Waals surface area contributed by atoms with Gasteiger partial charge in [0.25, 0.3) is 5.91 Å². The molecule has 0 spiro atoms. The summed E-state index contributed by atoms with van der Waals surface area (Å²) in [6, 6.07) is 28.3. The van der Waals surface area contributed by atoms with Crippen molar-refractivity contribution in [3.8, 4) is 16.8 Å². The molecule has 0 saturated carbocycles. The van der Waals surface area contributed by atoms with Gasteiger partial charge in [-0.2, -0.15) is 5.10 Å². The van der Waals surface area contributed by atoms with Gasteiger partial charge in [-0.05, 0) is 29.8 Å². The van der Waals surface area contributed by atoms with Gasteiger partial charge in [0.15, 0.2) is 0 Å². The fraction of sp³-hybridized carbons (Fsp3) is 0.0385. The van der Waals surface area contributed by atoms with Crippen LogP contribution in [0.4, 0.5) is 0 Å². The second-order valence-electron chi connectivity index (χ2n) is 7.30. The molecule has 0 aliphatic heterocycles. The highest BCUT2D eigenvalue weighted by Gasteiger charge is 2.17. The van der Waals surface area contributed by atoms with Crippen molar-refractivity contribution in [3.63, 3.8) is 0 Å². The van der Waals surface area contributed by atoms with Gasteiger partial charge in [-0.25, -0.2) is 9.48 Å². The summed E-state index contributed by atoms with van der Waals surface area (Å²) in [5.41, 5.74) is 3.24. The summed E-state index contributed by atoms with van der Waals surface area (Å²) in [4.78, 5) is 25.1. The summed E-state index contributed by atoms with van der Waals surface area (Å²) in [6.07, 6.45) is 1.94. The molecular formula is C26H19N3O3. The fourth-order valence-corrected chi connectivity index (χ4v) is 3.59. The number of carbonyl (C=O) groups excluding carboxylic acids is 1. The van der Waals surface area contributed by atoms with Crippen molar-refractivity contribution < 1.29 is 9.21 Å². The van der Waals surface area contributed by atoms with Crippen molar-refractivity contribution in [2.24, 2.45) is 0 Å². The molecule has 3 aromatic carbocycles. The SMILES string of the molecule is O=C(NCc1nn(-c2ccccc2)cc1-c1ccccc1)c1cc2ccccc2oc1=O. The molecular weight excluding hydrogens is 402 g/mol. The molecule has 0 fully saturated rings. The Morgan fingerprint density at radius 2 is 1.59 bits per heavy atom. The van der Waals surface area contributed by atoms with E-state index >= 15 is 0 Å². The van der Waals surface area contributed by atoms with Gasteiger partial charge in [0, 0.05) is 17.1 Å². The van der Waals surface area contributed by atoms with Gasteiger partial charge in [0.05, 0.1) is 17.9 Å². The van der Waals surface area contributed by atoms with E-state index in [4.69, 9.17) is 9.52 Å². The van der Waals surface area contributed by atoms with Crippen LogP contribution in [0.5, 0.6) is 0 Å². The Bertz CT molecular complexity index is 1450. The molecule has 0 atom stereocenters. The van der Waals surface area contributed by atoms with E-state index in [1.54, 1.807) is 28.9 Å². The molecule has 5 aromatic rings. The number of rotatable bonds is 5. The summed E-state index contributed by atoms with van der Waals surface area (Å²) in [5, 5.41) is 8.21. The predicted octanol–water partition coefficient (Wildman–Crippen LogP) is 4.58. The number of fused-ring (bicyclic) bond motifs is 1. The Balaban J connectivity index is 1.46. The number of para-hydroxylation sites is 2. The molecule has 6 nitrogen and oxygen atoms in total. The highest BCUT2D eigenvalue weighted by molar-refractivity contribution is 5.96. The Labute approximate surface area is 183 Å². The Morgan fingerprint density at radius 3 is 2.38 bits per heavy atom. The summed E-state index contributed by atoms with van der Waals surface area (Å²) in [5.74, 6) is -0.502. The highest BCUT2D eigenvalue weighted by Crippen LogP contribution is 2.24. The van der Waals surface area contributed by atoms with Crippen LogP contribution in [-0.2, 0) is 6.54 Å². The van der Waals surface area contributed by atoms with Gasteiger partial charge in [-0.15, -0.1) is 0 Å². The summed E-state index contributed by atoms with van der Waals surface area (Å²) in [7, 11) is 0. The second kappa shape index (κ2) is 8.35. The van der Waals surface area contributed by atoms with E-state index in [9.17, 15) is 9.59 Å². The van der Waals surface area contributed by atoms with Crippen molar-refractivity contribution >= 4 is 16.9 Å². The number of amides is 1. The third-order valence-electron chi connectivity index (χ3n) is 5.20. The molecule has 0 aliphatic rings. The average Bonchev–Trinajstić information content (AvgIpc) is 3.27. The molecule has 1 amide bonds. The molecule has 0 unspecified atom stereocenters. The van der Waals surface area contributed by atoms with Crippen LogP contribution in [0.25, 0.3) is 27.8 Å². The van der Waals surface area contributed by atoms with Crippen LogP contribution in [0.15, 0.2) is 106 Å². The number of aromatic nitrogens is 2. The second-order valence-corrected chi connectivity index (χ2v) is 7.30. The van der Waals surface area contributed by atoms with Crippen LogP contribution < -0.4 is 10.9 Å². The van der Waals surface area contributed by atoms with Gasteiger partial charge in [-0.3, -0.25) is 4.79 Å². The fourth-order valence-electron chi connectivity index (χ4n) is 3.59. The van der Waals surface area contributed by atoms with E-state index in [1.165, 1.54) is 0 Å². The molecule has 6 heteroatoms. The van der Waals surface area contributed by atoms with Gasteiger partial charge in [0.2, 0.25) is 0 Å². The molecule has 2 heterocycles. The van der Waals surface area contributed by atoms with Crippen LogP contribution >= 0.6 is 0 Å². The molecule has 32 heavy (non-hydrogen) atoms. The number of nitrogens with zero attached hydrogens (tertiary/aromatic N) is 2. The Hall–Kier alpha value is -4.45. The first kappa shape index (κ1) is 19.5. The maximum Gasteiger partial charge on any atom is 0.349 e. The van der Waals surface area contributed by atoms with Crippen LogP contribution in [0.1, 0.15) is 16.1 Å². The van der Waals surface area contributed by atoms with Gasteiger partial charge in [0.1, 0.15) is 11.1 Å². The van der Waals surface area contributed by atoms with Crippen molar-refractivity contribution in [2.45, 2.75) is 6.54 Å². The van der Waals surface area contributed by atoms with Crippen LogP contribution in [0.2, 0.25) is 0 Å². The van der Waals surface area contributed by atoms with Gasteiger partial charge >= 0.3 is 5.63 Å². The zero-order valence-electron chi connectivity index (χ0n) is 17.1. The monoisotopic (exact) mass is 421 g/mol. The van der Waals surface area contributed by atoms with E-state index < -0.39 is 11.5 Å². The standard InChI is InChI=1S/C26H19N3O3/c30-25(21-15-19-11-7-8-14-24(19)32-26(21)31)27-16-23-22(18-9-3-1-4-10-18)17-29(28-23)20-12-5-2-6-13-20/h1-15,17H,16H2,(H,27,30). The lowest BCUT2D eigenvalue weighted by molar-refractivity contribution is 0.0947. The minimum atomic E-state index is -0.667. The number of benzene rings is 3. The van der Waals surface area contributed by atoms with E-state index in [-0.39, 0.29) is 12.1 Å². The van der Waals surface area contributed by atoms with Crippen LogP contribution in [0.3, 0.4) is 0 Å². The van der Waals surface area contributed by atoms with Gasteiger partial charge in [-0.1, -0.05) is 66.7 Å². The van der Waals surface area contributed by atoms with Crippen molar-refractivity contribution in [1.29, 1.82) is 0 Å². The molecule has 0 radical (unpaired) electrons. The maximum absolute atomic E-state index is 12.8. The van der Waals surface area contributed by atoms with Crippen molar-refractivity contribution in [3.05, 3.63) is 119 Å². The van der Waals surface area contributed by atoms with E-state index in [1.807, 2.05) is 72.9 Å². The average molecular weight is 421 g/mol. The first-order chi connectivity index (χ1) is 15.7. The first-order valence-corrected chi connectivity index (χ1v) is 10.2. The number of hydrogen-bond donors (Lipinski definition) is 1. The summed E-state index contributed by atoms with van der Waals surface area (Å²) in [6.45, 7) is 0.162. The maximum atomic E-state index is 12.8. The summed E-state index contributed by atoms with van der Waals surface area (Å²) >= 11 is 0. The third kappa shape index (κ3) is 3.81. The number of carbonyl (C=O) groups is 1. The normalized spacial score (nSPS) is 10.9. The molecule has 0 bridgehead atoms. The van der Waals surface area contributed by atoms with E-state index in [0.29, 0.717) is 16.7 Å².